The molecule has 0 bridgehead atoms. The number of phenolic OH excluding ortho intramolecular Hbond substituents is 1. The van der Waals surface area contributed by atoms with Crippen molar-refractivity contribution >= 4 is 11.9 Å². The van der Waals surface area contributed by atoms with Crippen LogP contribution in [0.1, 0.15) is 5.56 Å². The van der Waals surface area contributed by atoms with Gasteiger partial charge in [0.15, 0.2) is 0 Å². The highest BCUT2D eigenvalue weighted by atomic mass is 16.3. The first-order valence-electron chi connectivity index (χ1n) is 5.02. The lowest BCUT2D eigenvalue weighted by atomic mass is 10.1. The molecule has 2 N–H and O–H groups in total. The second kappa shape index (κ2) is 4.22. The number of aromatic hydroxyl groups is 1. The second-order valence-electron chi connectivity index (χ2n) is 3.69. The zero-order valence-electron chi connectivity index (χ0n) is 8.64. The van der Waals surface area contributed by atoms with E-state index in [9.17, 15) is 9.59 Å². The highest BCUT2D eigenvalue weighted by molar-refractivity contribution is 6.01. The predicted octanol–water partition coefficient (Wildman–Crippen LogP) is 0.487. The standard InChI is InChI=1S/C11H12N2O3/c14-9-3-1-8(2-4-9)5-6-13-7-10(15)12-11(13)16/h1-4,14H,5-7H2,(H,12,15,16). The normalized spacial score (nSPS) is 15.4. The van der Waals surface area contributed by atoms with Gasteiger partial charge in [-0.05, 0) is 24.1 Å². The van der Waals surface area contributed by atoms with Crippen LogP contribution in [0.25, 0.3) is 0 Å². The molecule has 1 heterocycles. The number of nitrogens with zero attached hydrogens (tertiary/aromatic N) is 1. The van der Waals surface area contributed by atoms with Crippen LogP contribution in [0.15, 0.2) is 24.3 Å². The van der Waals surface area contributed by atoms with Crippen molar-refractivity contribution in [1.82, 2.24) is 10.2 Å². The molecule has 3 amide bonds. The number of amides is 3. The van der Waals surface area contributed by atoms with E-state index in [1.165, 1.54) is 4.90 Å². The smallest absolute Gasteiger partial charge is 0.324 e. The van der Waals surface area contributed by atoms with Crippen LogP contribution >= 0.6 is 0 Å². The molecular weight excluding hydrogens is 208 g/mol. The Kier molecular flexibility index (Phi) is 2.76. The SMILES string of the molecule is O=C1CN(CCc2ccc(O)cc2)C(=O)N1. The van der Waals surface area contributed by atoms with Crippen LogP contribution < -0.4 is 5.32 Å². The maximum Gasteiger partial charge on any atom is 0.324 e. The summed E-state index contributed by atoms with van der Waals surface area (Å²) in [6, 6.07) is 6.47. The number of hydrogen-bond donors (Lipinski definition) is 2. The quantitative estimate of drug-likeness (QED) is 0.728. The van der Waals surface area contributed by atoms with Crippen LogP contribution in [0.4, 0.5) is 4.79 Å². The molecule has 2 rings (SSSR count). The van der Waals surface area contributed by atoms with E-state index in [0.29, 0.717) is 13.0 Å². The molecule has 1 saturated heterocycles. The first kappa shape index (κ1) is 10.5. The fourth-order valence-electron chi connectivity index (χ4n) is 1.59. The van der Waals surface area contributed by atoms with Gasteiger partial charge in [0.05, 0.1) is 0 Å². The lowest BCUT2D eigenvalue weighted by Crippen LogP contribution is -2.30. The highest BCUT2D eigenvalue weighted by Gasteiger charge is 2.25. The van der Waals surface area contributed by atoms with Crippen molar-refractivity contribution in [3.63, 3.8) is 0 Å². The molecule has 0 aromatic heterocycles. The van der Waals surface area contributed by atoms with Crippen LogP contribution in [0, 0.1) is 0 Å². The Balaban J connectivity index is 1.90. The number of urea groups is 1. The van der Waals surface area contributed by atoms with Crippen molar-refractivity contribution < 1.29 is 14.7 Å². The summed E-state index contributed by atoms with van der Waals surface area (Å²) in [4.78, 5) is 23.6. The minimum absolute atomic E-state index is 0.136. The molecule has 0 radical (unpaired) electrons. The molecule has 16 heavy (non-hydrogen) atoms. The number of carbonyl (C=O) groups is 2. The molecule has 1 aliphatic heterocycles. The number of imide groups is 1. The Morgan fingerprint density at radius 2 is 1.94 bits per heavy atom. The van der Waals surface area contributed by atoms with Gasteiger partial charge in [-0.2, -0.15) is 0 Å². The summed E-state index contributed by atoms with van der Waals surface area (Å²) in [5.41, 5.74) is 1.02. The number of carbonyl (C=O) groups excluding carboxylic acids is 2. The summed E-state index contributed by atoms with van der Waals surface area (Å²) < 4.78 is 0. The zero-order valence-corrected chi connectivity index (χ0v) is 8.64. The predicted molar refractivity (Wildman–Crippen MR) is 56.9 cm³/mol. The van der Waals surface area contributed by atoms with Gasteiger partial charge in [-0.1, -0.05) is 12.1 Å². The lowest BCUT2D eigenvalue weighted by Gasteiger charge is -2.12. The number of nitrogens with one attached hydrogen (secondary N) is 1. The highest BCUT2D eigenvalue weighted by Crippen LogP contribution is 2.11. The molecule has 0 spiro atoms. The lowest BCUT2D eigenvalue weighted by molar-refractivity contribution is -0.118. The van der Waals surface area contributed by atoms with Gasteiger partial charge < -0.3 is 10.0 Å². The van der Waals surface area contributed by atoms with E-state index in [-0.39, 0.29) is 24.2 Å². The Morgan fingerprint density at radius 3 is 2.50 bits per heavy atom. The Morgan fingerprint density at radius 1 is 1.25 bits per heavy atom. The van der Waals surface area contributed by atoms with E-state index in [2.05, 4.69) is 5.32 Å². The molecule has 5 nitrogen and oxygen atoms in total. The van der Waals surface area contributed by atoms with Crippen molar-refractivity contribution in [3.8, 4) is 5.75 Å². The summed E-state index contributed by atoms with van der Waals surface area (Å²) in [6.45, 7) is 0.638. The van der Waals surface area contributed by atoms with E-state index in [1.54, 1.807) is 24.3 Å². The van der Waals surface area contributed by atoms with Crippen molar-refractivity contribution in [3.05, 3.63) is 29.8 Å². The van der Waals surface area contributed by atoms with Gasteiger partial charge in [0, 0.05) is 6.54 Å². The number of benzene rings is 1. The van der Waals surface area contributed by atoms with Crippen molar-refractivity contribution in [2.75, 3.05) is 13.1 Å². The summed E-state index contributed by atoms with van der Waals surface area (Å²) in [5, 5.41) is 11.3. The van der Waals surface area contributed by atoms with Crippen LogP contribution in [-0.2, 0) is 11.2 Å². The minimum Gasteiger partial charge on any atom is -0.508 e. The fourth-order valence-corrected chi connectivity index (χ4v) is 1.59. The van der Waals surface area contributed by atoms with E-state index in [0.717, 1.165) is 5.56 Å². The Bertz CT molecular complexity index is 414. The molecule has 84 valence electrons. The number of phenols is 1. The molecule has 1 aromatic carbocycles. The largest absolute Gasteiger partial charge is 0.508 e. The third-order valence-corrected chi connectivity index (χ3v) is 2.47. The first-order chi connectivity index (χ1) is 7.65. The van der Waals surface area contributed by atoms with Crippen LogP contribution in [0.3, 0.4) is 0 Å². The van der Waals surface area contributed by atoms with E-state index in [4.69, 9.17) is 5.11 Å². The third-order valence-electron chi connectivity index (χ3n) is 2.47. The topological polar surface area (TPSA) is 69.6 Å². The molecule has 1 aliphatic rings. The summed E-state index contributed by atoms with van der Waals surface area (Å²) in [7, 11) is 0. The average molecular weight is 220 g/mol. The zero-order chi connectivity index (χ0) is 11.5. The molecule has 5 heteroatoms. The van der Waals surface area contributed by atoms with E-state index in [1.807, 2.05) is 0 Å². The van der Waals surface area contributed by atoms with Gasteiger partial charge >= 0.3 is 6.03 Å². The third kappa shape index (κ3) is 2.31. The minimum atomic E-state index is -0.330. The monoisotopic (exact) mass is 220 g/mol. The first-order valence-corrected chi connectivity index (χ1v) is 5.02. The van der Waals surface area contributed by atoms with E-state index >= 15 is 0 Å². The molecule has 1 fully saturated rings. The Hall–Kier alpha value is -2.04. The van der Waals surface area contributed by atoms with Gasteiger partial charge in [0.2, 0.25) is 5.91 Å². The maximum atomic E-state index is 11.2. The molecule has 0 unspecified atom stereocenters. The van der Waals surface area contributed by atoms with Gasteiger partial charge in [-0.15, -0.1) is 0 Å². The van der Waals surface area contributed by atoms with Crippen LogP contribution in [0.2, 0.25) is 0 Å². The van der Waals surface area contributed by atoms with E-state index < -0.39 is 0 Å². The average Bonchev–Trinajstić information content (AvgIpc) is 2.57. The van der Waals surface area contributed by atoms with Crippen molar-refractivity contribution in [2.45, 2.75) is 6.42 Å². The summed E-state index contributed by atoms with van der Waals surface area (Å²) >= 11 is 0. The van der Waals surface area contributed by atoms with Gasteiger partial charge in [0.25, 0.3) is 0 Å². The van der Waals surface area contributed by atoms with Crippen LogP contribution in [0.5, 0.6) is 5.75 Å². The van der Waals surface area contributed by atoms with Gasteiger partial charge in [-0.3, -0.25) is 10.1 Å². The van der Waals surface area contributed by atoms with Crippen molar-refractivity contribution in [1.29, 1.82) is 0 Å². The van der Waals surface area contributed by atoms with Crippen LogP contribution in [-0.4, -0.2) is 35.0 Å². The van der Waals surface area contributed by atoms with Gasteiger partial charge in [-0.25, -0.2) is 4.79 Å². The summed E-state index contributed by atoms with van der Waals surface area (Å²) in [5.74, 6) is -0.0338. The number of hydrogen-bond acceptors (Lipinski definition) is 3. The molecule has 0 saturated carbocycles. The fraction of sp³-hybridized carbons (Fsp3) is 0.273. The van der Waals surface area contributed by atoms with Gasteiger partial charge in [0.1, 0.15) is 12.3 Å². The summed E-state index contributed by atoms with van der Waals surface area (Å²) in [6.07, 6.45) is 0.668. The number of rotatable bonds is 3. The van der Waals surface area contributed by atoms with Crippen molar-refractivity contribution in [2.24, 2.45) is 0 Å². The Labute approximate surface area is 92.7 Å². The second-order valence-corrected chi connectivity index (χ2v) is 3.69. The molecule has 0 atom stereocenters. The molecular formula is C11H12N2O3. The molecule has 0 aliphatic carbocycles. The molecule has 1 aromatic rings. The maximum absolute atomic E-state index is 11.2.